The first kappa shape index (κ1) is 22.5. The molecular weight excluding hydrogens is 479 g/mol. The van der Waals surface area contributed by atoms with Gasteiger partial charge in [0.05, 0.1) is 6.54 Å². The lowest BCUT2D eigenvalue weighted by Gasteiger charge is -2.20. The Balaban J connectivity index is 0.00000300. The number of carbonyl (C=O) groups excluding carboxylic acids is 1. The van der Waals surface area contributed by atoms with Crippen molar-refractivity contribution in [3.05, 3.63) is 95.4 Å². The van der Waals surface area contributed by atoms with Gasteiger partial charge in [-0.3, -0.25) is 9.79 Å². The van der Waals surface area contributed by atoms with Crippen LogP contribution in [0.15, 0.2) is 82.2 Å². The lowest BCUT2D eigenvalue weighted by atomic mass is 9.91. The normalized spacial score (nSPS) is 11.0. The van der Waals surface area contributed by atoms with Gasteiger partial charge in [-0.05, 0) is 23.3 Å². The van der Waals surface area contributed by atoms with E-state index in [1.54, 1.807) is 19.2 Å². The highest BCUT2D eigenvalue weighted by atomic mass is 127. The van der Waals surface area contributed by atoms with Crippen molar-refractivity contribution in [2.24, 2.45) is 10.7 Å². The van der Waals surface area contributed by atoms with E-state index in [1.807, 2.05) is 36.4 Å². The summed E-state index contributed by atoms with van der Waals surface area (Å²) < 4.78 is 5.38. The molecule has 0 fully saturated rings. The number of rotatable bonds is 7. The maximum Gasteiger partial charge on any atom is 0.284 e. The van der Waals surface area contributed by atoms with E-state index in [1.165, 1.54) is 11.1 Å². The molecule has 0 aliphatic heterocycles. The monoisotopic (exact) mass is 504 g/mol. The molecule has 6 nitrogen and oxygen atoms in total. The summed E-state index contributed by atoms with van der Waals surface area (Å²) in [6, 6.07) is 24.0. The molecule has 4 N–H and O–H groups in total. The zero-order valence-electron chi connectivity index (χ0n) is 16.2. The first-order valence-electron chi connectivity index (χ1n) is 9.10. The van der Waals surface area contributed by atoms with E-state index >= 15 is 0 Å². The van der Waals surface area contributed by atoms with Crippen LogP contribution in [-0.2, 0) is 6.54 Å². The van der Waals surface area contributed by atoms with E-state index in [9.17, 15) is 4.79 Å². The number of aliphatic imine (C=N–C) groups is 1. The Morgan fingerprint density at radius 1 is 0.966 bits per heavy atom. The third-order valence-electron chi connectivity index (χ3n) is 4.44. The number of benzene rings is 2. The fourth-order valence-electron chi connectivity index (χ4n) is 2.99. The summed E-state index contributed by atoms with van der Waals surface area (Å²) in [7, 11) is 1.71. The molecule has 0 saturated heterocycles. The number of nitrogens with zero attached hydrogens (tertiary/aromatic N) is 1. The smallest absolute Gasteiger partial charge is 0.284 e. The molecule has 0 radical (unpaired) electrons. The van der Waals surface area contributed by atoms with E-state index in [0.717, 1.165) is 0 Å². The lowest BCUT2D eigenvalue weighted by molar-refractivity contribution is 0.0972. The highest BCUT2D eigenvalue weighted by Gasteiger charge is 2.14. The minimum atomic E-state index is -0.581. The number of furan rings is 1. The maximum atomic E-state index is 11.1. The SMILES string of the molecule is CN=C(NCc1ccc(C(N)=O)o1)NCC(c1ccccc1)c1ccccc1.I. The highest BCUT2D eigenvalue weighted by molar-refractivity contribution is 14.0. The van der Waals surface area contributed by atoms with Crippen LogP contribution in [0.4, 0.5) is 0 Å². The van der Waals surface area contributed by atoms with Crippen molar-refractivity contribution < 1.29 is 9.21 Å². The summed E-state index contributed by atoms with van der Waals surface area (Å²) in [5.41, 5.74) is 7.67. The summed E-state index contributed by atoms with van der Waals surface area (Å²) >= 11 is 0. The molecule has 0 aliphatic rings. The number of hydrogen-bond acceptors (Lipinski definition) is 3. The largest absolute Gasteiger partial charge is 0.454 e. The topological polar surface area (TPSA) is 92.6 Å². The molecule has 3 rings (SSSR count). The van der Waals surface area contributed by atoms with Gasteiger partial charge in [-0.2, -0.15) is 0 Å². The number of nitrogens with one attached hydrogen (secondary N) is 2. The number of guanidine groups is 1. The first-order valence-corrected chi connectivity index (χ1v) is 9.10. The summed E-state index contributed by atoms with van der Waals surface area (Å²) in [5.74, 6) is 1.01. The van der Waals surface area contributed by atoms with Gasteiger partial charge in [0.1, 0.15) is 5.76 Å². The predicted octanol–water partition coefficient (Wildman–Crippen LogP) is 3.49. The fraction of sp³-hybridized carbons (Fsp3) is 0.182. The van der Waals surface area contributed by atoms with Crippen LogP contribution in [0.1, 0.15) is 33.4 Å². The van der Waals surface area contributed by atoms with Crippen LogP contribution in [0.2, 0.25) is 0 Å². The Labute approximate surface area is 187 Å². The standard InChI is InChI=1S/C22H24N4O2.HI/c1-24-22(25-14-18-12-13-20(28-18)21(23)27)26-15-19(16-8-4-2-5-9-16)17-10-6-3-7-11-17;/h2-13,19H,14-15H2,1H3,(H2,23,27)(H2,24,25,26);1H. The highest BCUT2D eigenvalue weighted by Crippen LogP contribution is 2.23. The Kier molecular flexibility index (Phi) is 8.72. The minimum Gasteiger partial charge on any atom is -0.454 e. The third kappa shape index (κ3) is 6.35. The molecule has 1 aromatic heterocycles. The maximum absolute atomic E-state index is 11.1. The van der Waals surface area contributed by atoms with Gasteiger partial charge in [0.2, 0.25) is 0 Å². The fourth-order valence-corrected chi connectivity index (χ4v) is 2.99. The van der Waals surface area contributed by atoms with E-state index in [0.29, 0.717) is 24.8 Å². The van der Waals surface area contributed by atoms with Crippen LogP contribution in [-0.4, -0.2) is 25.5 Å². The zero-order chi connectivity index (χ0) is 19.8. The van der Waals surface area contributed by atoms with Crippen LogP contribution < -0.4 is 16.4 Å². The second kappa shape index (κ2) is 11.3. The summed E-state index contributed by atoms with van der Waals surface area (Å²) in [4.78, 5) is 15.4. The molecule has 3 aromatic rings. The molecule has 0 aliphatic carbocycles. The molecule has 0 spiro atoms. The second-order valence-corrected chi connectivity index (χ2v) is 6.31. The van der Waals surface area contributed by atoms with Gasteiger partial charge in [0, 0.05) is 19.5 Å². The van der Waals surface area contributed by atoms with Gasteiger partial charge in [0.25, 0.3) is 5.91 Å². The zero-order valence-corrected chi connectivity index (χ0v) is 18.5. The molecule has 29 heavy (non-hydrogen) atoms. The predicted molar refractivity (Wildman–Crippen MR) is 126 cm³/mol. The van der Waals surface area contributed by atoms with Gasteiger partial charge < -0.3 is 20.8 Å². The van der Waals surface area contributed by atoms with Crippen molar-refractivity contribution in [1.29, 1.82) is 0 Å². The number of hydrogen-bond donors (Lipinski definition) is 3. The van der Waals surface area contributed by atoms with Gasteiger partial charge in [-0.1, -0.05) is 60.7 Å². The van der Waals surface area contributed by atoms with E-state index in [-0.39, 0.29) is 35.7 Å². The first-order chi connectivity index (χ1) is 13.7. The molecule has 1 amide bonds. The molecule has 2 aromatic carbocycles. The average molecular weight is 504 g/mol. The van der Waals surface area contributed by atoms with Gasteiger partial charge >= 0.3 is 0 Å². The Bertz CT molecular complexity index is 887. The Morgan fingerprint density at radius 2 is 1.55 bits per heavy atom. The van der Waals surface area contributed by atoms with Gasteiger partial charge in [0.15, 0.2) is 11.7 Å². The van der Waals surface area contributed by atoms with E-state index < -0.39 is 5.91 Å². The second-order valence-electron chi connectivity index (χ2n) is 6.31. The van der Waals surface area contributed by atoms with Crippen molar-refractivity contribution in [3.63, 3.8) is 0 Å². The molecule has 152 valence electrons. The lowest BCUT2D eigenvalue weighted by Crippen LogP contribution is -2.39. The van der Waals surface area contributed by atoms with Crippen LogP contribution >= 0.6 is 24.0 Å². The quantitative estimate of drug-likeness (QED) is 0.261. The van der Waals surface area contributed by atoms with Crippen LogP contribution in [0.3, 0.4) is 0 Å². The number of carbonyl (C=O) groups is 1. The van der Waals surface area contributed by atoms with Crippen molar-refractivity contribution in [2.75, 3.05) is 13.6 Å². The Hall–Kier alpha value is -2.81. The molecule has 0 saturated carbocycles. The molecule has 0 bridgehead atoms. The van der Waals surface area contributed by atoms with E-state index in [4.69, 9.17) is 10.2 Å². The van der Waals surface area contributed by atoms with Crippen LogP contribution in [0, 0.1) is 0 Å². The Morgan fingerprint density at radius 3 is 2.03 bits per heavy atom. The van der Waals surface area contributed by atoms with Gasteiger partial charge in [-0.15, -0.1) is 24.0 Å². The van der Waals surface area contributed by atoms with Crippen molar-refractivity contribution in [2.45, 2.75) is 12.5 Å². The van der Waals surface area contributed by atoms with Crippen LogP contribution in [0.5, 0.6) is 0 Å². The van der Waals surface area contributed by atoms with Crippen molar-refractivity contribution in [1.82, 2.24) is 10.6 Å². The number of primary amides is 1. The minimum absolute atomic E-state index is 0. The third-order valence-corrected chi connectivity index (χ3v) is 4.44. The number of amides is 1. The van der Waals surface area contributed by atoms with Crippen molar-refractivity contribution in [3.8, 4) is 0 Å². The van der Waals surface area contributed by atoms with Crippen molar-refractivity contribution >= 4 is 35.8 Å². The summed E-state index contributed by atoms with van der Waals surface area (Å²) in [6.45, 7) is 1.08. The number of halogens is 1. The van der Waals surface area contributed by atoms with E-state index in [2.05, 4.69) is 39.9 Å². The molecule has 0 atom stereocenters. The average Bonchev–Trinajstić information content (AvgIpc) is 3.21. The summed E-state index contributed by atoms with van der Waals surface area (Å²) in [5, 5.41) is 6.56. The molecular formula is C22H25IN4O2. The molecule has 1 heterocycles. The molecule has 7 heteroatoms. The van der Waals surface area contributed by atoms with Gasteiger partial charge in [-0.25, -0.2) is 0 Å². The van der Waals surface area contributed by atoms with Crippen LogP contribution in [0.25, 0.3) is 0 Å². The molecule has 0 unspecified atom stereocenters. The number of nitrogens with two attached hydrogens (primary N) is 1. The summed E-state index contributed by atoms with van der Waals surface area (Å²) in [6.07, 6.45) is 0.